The molecule has 0 bridgehead atoms. The Bertz CT molecular complexity index is 1530. The van der Waals surface area contributed by atoms with Gasteiger partial charge in [0.2, 0.25) is 0 Å². The zero-order valence-electron chi connectivity index (χ0n) is 17.3. The van der Waals surface area contributed by atoms with Crippen molar-refractivity contribution in [1.82, 2.24) is 19.1 Å². The summed E-state index contributed by atoms with van der Waals surface area (Å²) in [7, 11) is 0. The molecule has 3 aromatic carbocycles. The molecule has 0 aliphatic carbocycles. The predicted molar refractivity (Wildman–Crippen MR) is 135 cm³/mol. The topological polar surface area (TPSA) is 75.8 Å². The van der Waals surface area contributed by atoms with Crippen molar-refractivity contribution < 1.29 is 4.55 Å². The summed E-state index contributed by atoms with van der Waals surface area (Å²) in [5, 5.41) is 0.573. The Morgan fingerprint density at radius 3 is 2.42 bits per heavy atom. The number of nitrogens with zero attached hydrogens (tertiary/aromatic N) is 4. The van der Waals surface area contributed by atoms with Crippen molar-refractivity contribution in [2.75, 3.05) is 6.26 Å². The third-order valence-electron chi connectivity index (χ3n) is 5.19. The zero-order valence-corrected chi connectivity index (χ0v) is 20.4. The molecule has 6 nitrogen and oxygen atoms in total. The average Bonchev–Trinajstić information content (AvgIpc) is 3.25. The van der Waals surface area contributed by atoms with Crippen molar-refractivity contribution in [2.45, 2.75) is 4.90 Å². The maximum atomic E-state index is 13.7. The monoisotopic (exact) mass is 538 g/mol. The van der Waals surface area contributed by atoms with Crippen LogP contribution in [0.1, 0.15) is 0 Å². The van der Waals surface area contributed by atoms with E-state index < -0.39 is 11.2 Å². The highest BCUT2D eigenvalue weighted by molar-refractivity contribution is 9.10. The van der Waals surface area contributed by atoms with Crippen LogP contribution in [-0.2, 0) is 11.2 Å². The molecular weight excluding hydrogens is 524 g/mol. The van der Waals surface area contributed by atoms with Crippen molar-refractivity contribution in [2.24, 2.45) is 0 Å². The second-order valence-corrected chi connectivity index (χ2v) is 10.0. The van der Waals surface area contributed by atoms with Crippen LogP contribution in [0, 0.1) is 0 Å². The molecule has 0 spiro atoms. The number of hydrogen-bond donors (Lipinski definition) is 0. The zero-order chi connectivity index (χ0) is 23.1. The molecule has 9 heteroatoms. The Morgan fingerprint density at radius 2 is 1.73 bits per heavy atom. The van der Waals surface area contributed by atoms with E-state index in [1.54, 1.807) is 47.5 Å². The number of imidazole rings is 1. The van der Waals surface area contributed by atoms with Gasteiger partial charge in [0.25, 0.3) is 5.56 Å². The van der Waals surface area contributed by atoms with Crippen LogP contribution in [0.15, 0.2) is 93.3 Å². The van der Waals surface area contributed by atoms with Crippen molar-refractivity contribution in [3.8, 4) is 22.8 Å². The summed E-state index contributed by atoms with van der Waals surface area (Å²) in [5.41, 5.74) is 2.48. The lowest BCUT2D eigenvalue weighted by Gasteiger charge is -2.14. The molecule has 1 unspecified atom stereocenters. The van der Waals surface area contributed by atoms with E-state index >= 15 is 0 Å². The molecule has 1 atom stereocenters. The molecule has 0 radical (unpaired) electrons. The lowest BCUT2D eigenvalue weighted by Crippen LogP contribution is -2.22. The van der Waals surface area contributed by atoms with E-state index in [1.807, 2.05) is 42.5 Å². The van der Waals surface area contributed by atoms with Crippen LogP contribution >= 0.6 is 27.5 Å². The van der Waals surface area contributed by atoms with Crippen molar-refractivity contribution >= 4 is 49.9 Å². The van der Waals surface area contributed by atoms with Gasteiger partial charge in [0.1, 0.15) is 18.4 Å². The fourth-order valence-corrected chi connectivity index (χ4v) is 4.52. The SMILES string of the molecule is C[S+]([O-])c1cccc(-n2cnc3c(=O)n(-c4ccc(Cl)cc4)c(-c4ccc(Br)cc4)nc32)c1. The molecular formula is C24H16BrClN4O2S. The summed E-state index contributed by atoms with van der Waals surface area (Å²) in [6, 6.07) is 21.9. The Labute approximate surface area is 205 Å². The van der Waals surface area contributed by atoms with E-state index in [4.69, 9.17) is 16.6 Å². The van der Waals surface area contributed by atoms with E-state index in [-0.39, 0.29) is 11.1 Å². The van der Waals surface area contributed by atoms with Gasteiger partial charge in [0.05, 0.1) is 11.4 Å². The van der Waals surface area contributed by atoms with Crippen LogP contribution in [0.4, 0.5) is 0 Å². The molecule has 2 heterocycles. The molecule has 0 fully saturated rings. The summed E-state index contributed by atoms with van der Waals surface area (Å²) >= 11 is 8.38. The minimum Gasteiger partial charge on any atom is -0.612 e. The van der Waals surface area contributed by atoms with E-state index in [2.05, 4.69) is 20.9 Å². The van der Waals surface area contributed by atoms with E-state index in [1.165, 1.54) is 4.57 Å². The van der Waals surface area contributed by atoms with Gasteiger partial charge in [0, 0.05) is 21.1 Å². The molecule has 0 aliphatic heterocycles. The van der Waals surface area contributed by atoms with Gasteiger partial charge in [-0.3, -0.25) is 13.9 Å². The standard InChI is InChI=1S/C24H16BrClN4O2S/c1-33(32)20-4-2-3-19(13-20)29-14-27-21-23(29)28-22(15-5-7-16(25)8-6-15)30(24(21)31)18-11-9-17(26)10-12-18/h2-14H,1H3. The molecule has 2 aromatic heterocycles. The number of hydrogen-bond acceptors (Lipinski definition) is 4. The van der Waals surface area contributed by atoms with Gasteiger partial charge >= 0.3 is 0 Å². The Hall–Kier alpha value is -2.91. The maximum absolute atomic E-state index is 13.7. The molecule has 0 amide bonds. The number of rotatable bonds is 4. The highest BCUT2D eigenvalue weighted by Gasteiger charge is 2.19. The van der Waals surface area contributed by atoms with Crippen molar-refractivity contribution in [1.29, 1.82) is 0 Å². The average molecular weight is 540 g/mol. The normalized spacial score (nSPS) is 12.2. The Kier molecular flexibility index (Phi) is 5.84. The second-order valence-electron chi connectivity index (χ2n) is 7.30. The number of fused-ring (bicyclic) bond motifs is 1. The van der Waals surface area contributed by atoms with Gasteiger partial charge in [-0.1, -0.05) is 45.7 Å². The largest absolute Gasteiger partial charge is 0.612 e. The smallest absolute Gasteiger partial charge is 0.286 e. The summed E-state index contributed by atoms with van der Waals surface area (Å²) in [6.07, 6.45) is 3.19. The quantitative estimate of drug-likeness (QED) is 0.287. The summed E-state index contributed by atoms with van der Waals surface area (Å²) in [6.45, 7) is 0. The molecule has 164 valence electrons. The fraction of sp³-hybridized carbons (Fsp3) is 0.0417. The van der Waals surface area contributed by atoms with Gasteiger partial charge in [-0.05, 0) is 59.7 Å². The molecule has 0 saturated carbocycles. The second kappa shape index (κ2) is 8.79. The van der Waals surface area contributed by atoms with Crippen LogP contribution < -0.4 is 5.56 Å². The van der Waals surface area contributed by atoms with E-state index in [0.29, 0.717) is 27.1 Å². The van der Waals surface area contributed by atoms with Crippen LogP contribution in [-0.4, -0.2) is 29.9 Å². The lowest BCUT2D eigenvalue weighted by molar-refractivity contribution is 0.601. The van der Waals surface area contributed by atoms with E-state index in [9.17, 15) is 9.35 Å². The summed E-state index contributed by atoms with van der Waals surface area (Å²) < 4.78 is 16.2. The Balaban J connectivity index is 1.81. The third-order valence-corrected chi connectivity index (χ3v) is 6.88. The van der Waals surface area contributed by atoms with Crippen LogP contribution in [0.5, 0.6) is 0 Å². The predicted octanol–water partition coefficient (Wildman–Crippen LogP) is 5.39. The highest BCUT2D eigenvalue weighted by Crippen LogP contribution is 2.26. The molecule has 5 rings (SSSR count). The van der Waals surface area contributed by atoms with Crippen molar-refractivity contribution in [3.63, 3.8) is 0 Å². The fourth-order valence-electron chi connectivity index (χ4n) is 3.58. The van der Waals surface area contributed by atoms with Gasteiger partial charge < -0.3 is 4.55 Å². The summed E-state index contributed by atoms with van der Waals surface area (Å²) in [5.74, 6) is 0.472. The lowest BCUT2D eigenvalue weighted by atomic mass is 10.2. The number of benzene rings is 3. The first kappa shape index (κ1) is 21.9. The number of halogens is 2. The van der Waals surface area contributed by atoms with E-state index in [0.717, 1.165) is 15.7 Å². The van der Waals surface area contributed by atoms with Crippen molar-refractivity contribution in [3.05, 3.63) is 99.0 Å². The first-order valence-electron chi connectivity index (χ1n) is 9.88. The van der Waals surface area contributed by atoms with Crippen LogP contribution in [0.3, 0.4) is 0 Å². The molecule has 5 aromatic rings. The molecule has 0 saturated heterocycles. The minimum absolute atomic E-state index is 0.230. The third kappa shape index (κ3) is 4.11. The highest BCUT2D eigenvalue weighted by atomic mass is 79.9. The number of aromatic nitrogens is 4. The van der Waals surface area contributed by atoms with Gasteiger partial charge in [0.15, 0.2) is 16.1 Å². The van der Waals surface area contributed by atoms with Crippen LogP contribution in [0.25, 0.3) is 33.9 Å². The van der Waals surface area contributed by atoms with Crippen LogP contribution in [0.2, 0.25) is 5.02 Å². The van der Waals surface area contributed by atoms with Gasteiger partial charge in [-0.15, -0.1) is 0 Å². The molecule has 0 aliphatic rings. The van der Waals surface area contributed by atoms with Gasteiger partial charge in [-0.25, -0.2) is 9.97 Å². The summed E-state index contributed by atoms with van der Waals surface area (Å²) in [4.78, 5) is 23.6. The Morgan fingerprint density at radius 1 is 1.00 bits per heavy atom. The minimum atomic E-state index is -1.14. The first-order valence-corrected chi connectivity index (χ1v) is 12.6. The molecule has 33 heavy (non-hydrogen) atoms. The maximum Gasteiger partial charge on any atom is 0.286 e. The first-order chi connectivity index (χ1) is 15.9. The molecule has 0 N–H and O–H groups in total. The van der Waals surface area contributed by atoms with Gasteiger partial charge in [-0.2, -0.15) is 0 Å².